The first-order valence-corrected chi connectivity index (χ1v) is 5.60. The molecule has 0 radical (unpaired) electrons. The Kier molecular flexibility index (Phi) is 3.00. The lowest BCUT2D eigenvalue weighted by atomic mass is 10.0. The molecule has 0 unspecified atom stereocenters. The van der Waals surface area contributed by atoms with Gasteiger partial charge in [-0.1, -0.05) is 21.5 Å². The Morgan fingerprint density at radius 1 is 1.33 bits per heavy atom. The van der Waals surface area contributed by atoms with Crippen molar-refractivity contribution in [3.05, 3.63) is 45.7 Å². The van der Waals surface area contributed by atoms with Gasteiger partial charge >= 0.3 is 0 Å². The van der Waals surface area contributed by atoms with E-state index in [1.807, 2.05) is 0 Å². The van der Waals surface area contributed by atoms with Crippen LogP contribution in [0.2, 0.25) is 0 Å². The standard InChI is InChI=1S/C12H10BrFO/c13-10-2-4-12(14)9(7-10)5-8-1-3-11(15)6-8/h2,4,6-7H,1,3,5H2. The number of halogens is 2. The highest BCUT2D eigenvalue weighted by atomic mass is 79.9. The highest BCUT2D eigenvalue weighted by Gasteiger charge is 2.13. The van der Waals surface area contributed by atoms with Gasteiger partial charge in [-0.3, -0.25) is 4.79 Å². The van der Waals surface area contributed by atoms with Gasteiger partial charge in [0.05, 0.1) is 0 Å². The zero-order valence-electron chi connectivity index (χ0n) is 8.09. The first-order chi connectivity index (χ1) is 7.15. The molecule has 1 aromatic rings. The lowest BCUT2D eigenvalue weighted by molar-refractivity contribution is -0.114. The van der Waals surface area contributed by atoms with Gasteiger partial charge in [-0.05, 0) is 42.7 Å². The molecule has 0 amide bonds. The summed E-state index contributed by atoms with van der Waals surface area (Å²) in [6.45, 7) is 0. The van der Waals surface area contributed by atoms with Crippen molar-refractivity contribution in [3.8, 4) is 0 Å². The molecule has 1 aliphatic rings. The number of rotatable bonds is 2. The Morgan fingerprint density at radius 3 is 2.80 bits per heavy atom. The molecule has 0 bridgehead atoms. The number of carbonyl (C=O) groups is 1. The van der Waals surface area contributed by atoms with Gasteiger partial charge in [0.2, 0.25) is 0 Å². The molecular formula is C12H10BrFO. The SMILES string of the molecule is O=C1C=C(Cc2cc(Br)ccc2F)CC1. The van der Waals surface area contributed by atoms with Crippen molar-refractivity contribution < 1.29 is 9.18 Å². The zero-order chi connectivity index (χ0) is 10.8. The maximum absolute atomic E-state index is 13.4. The summed E-state index contributed by atoms with van der Waals surface area (Å²) in [5, 5.41) is 0. The molecule has 0 heterocycles. The molecule has 1 nitrogen and oxygen atoms in total. The fourth-order valence-electron chi connectivity index (χ4n) is 1.72. The van der Waals surface area contributed by atoms with Crippen LogP contribution in [-0.4, -0.2) is 5.78 Å². The summed E-state index contributed by atoms with van der Waals surface area (Å²) in [4.78, 5) is 11.0. The van der Waals surface area contributed by atoms with Gasteiger partial charge in [-0.2, -0.15) is 0 Å². The maximum atomic E-state index is 13.4. The summed E-state index contributed by atoms with van der Waals surface area (Å²) in [5.74, 6) is -0.0566. The third kappa shape index (κ3) is 2.53. The second kappa shape index (κ2) is 4.27. The van der Waals surface area contributed by atoms with Gasteiger partial charge in [-0.25, -0.2) is 4.39 Å². The quantitative estimate of drug-likeness (QED) is 0.804. The zero-order valence-corrected chi connectivity index (χ0v) is 9.68. The highest BCUT2D eigenvalue weighted by molar-refractivity contribution is 9.10. The molecule has 2 rings (SSSR count). The maximum Gasteiger partial charge on any atom is 0.155 e. The molecule has 15 heavy (non-hydrogen) atoms. The fourth-order valence-corrected chi connectivity index (χ4v) is 2.13. The van der Waals surface area contributed by atoms with Crippen LogP contribution < -0.4 is 0 Å². The van der Waals surface area contributed by atoms with E-state index in [-0.39, 0.29) is 11.6 Å². The molecule has 0 saturated carbocycles. The Labute approximate surface area is 96.1 Å². The van der Waals surface area contributed by atoms with E-state index in [4.69, 9.17) is 0 Å². The summed E-state index contributed by atoms with van der Waals surface area (Å²) in [6.07, 6.45) is 3.52. The van der Waals surface area contributed by atoms with E-state index in [0.717, 1.165) is 16.5 Å². The minimum Gasteiger partial charge on any atom is -0.295 e. The molecule has 0 fully saturated rings. The number of hydrogen-bond acceptors (Lipinski definition) is 1. The molecule has 1 aromatic carbocycles. The van der Waals surface area contributed by atoms with Crippen molar-refractivity contribution in [1.82, 2.24) is 0 Å². The average molecular weight is 269 g/mol. The van der Waals surface area contributed by atoms with Gasteiger partial charge in [0, 0.05) is 10.9 Å². The van der Waals surface area contributed by atoms with Crippen LogP contribution >= 0.6 is 15.9 Å². The van der Waals surface area contributed by atoms with E-state index in [9.17, 15) is 9.18 Å². The molecule has 0 spiro atoms. The summed E-state index contributed by atoms with van der Waals surface area (Å²) in [5.41, 5.74) is 1.67. The topological polar surface area (TPSA) is 17.1 Å². The van der Waals surface area contributed by atoms with Crippen molar-refractivity contribution >= 4 is 21.7 Å². The second-order valence-electron chi connectivity index (χ2n) is 3.68. The molecule has 0 atom stereocenters. The van der Waals surface area contributed by atoms with E-state index in [1.165, 1.54) is 6.07 Å². The van der Waals surface area contributed by atoms with Crippen molar-refractivity contribution in [2.45, 2.75) is 19.3 Å². The van der Waals surface area contributed by atoms with E-state index < -0.39 is 0 Å². The summed E-state index contributed by atoms with van der Waals surface area (Å²) < 4.78 is 14.3. The third-order valence-electron chi connectivity index (χ3n) is 2.48. The Hall–Kier alpha value is -0.960. The van der Waals surface area contributed by atoms with Gasteiger partial charge in [-0.15, -0.1) is 0 Å². The van der Waals surface area contributed by atoms with E-state index in [1.54, 1.807) is 18.2 Å². The highest BCUT2D eigenvalue weighted by Crippen LogP contribution is 2.23. The van der Waals surface area contributed by atoms with Crippen LogP contribution in [0.1, 0.15) is 18.4 Å². The first kappa shape index (κ1) is 10.6. The predicted octanol–water partition coefficient (Wildman–Crippen LogP) is 3.42. The average Bonchev–Trinajstić information content (AvgIpc) is 2.58. The van der Waals surface area contributed by atoms with E-state index >= 15 is 0 Å². The van der Waals surface area contributed by atoms with Crippen LogP contribution in [0.5, 0.6) is 0 Å². The van der Waals surface area contributed by atoms with Crippen LogP contribution in [0.3, 0.4) is 0 Å². The molecule has 78 valence electrons. The third-order valence-corrected chi connectivity index (χ3v) is 2.98. The second-order valence-corrected chi connectivity index (χ2v) is 4.60. The van der Waals surface area contributed by atoms with Crippen molar-refractivity contribution in [3.63, 3.8) is 0 Å². The lowest BCUT2D eigenvalue weighted by Crippen LogP contribution is -1.92. The van der Waals surface area contributed by atoms with Gasteiger partial charge in [0.25, 0.3) is 0 Å². The van der Waals surface area contributed by atoms with Crippen LogP contribution in [0.4, 0.5) is 4.39 Å². The number of carbonyl (C=O) groups excluding carboxylic acids is 1. The van der Waals surface area contributed by atoms with Gasteiger partial charge in [0.1, 0.15) is 5.82 Å². The van der Waals surface area contributed by atoms with Gasteiger partial charge in [0.15, 0.2) is 5.78 Å². The summed E-state index contributed by atoms with van der Waals surface area (Å²) in [6, 6.07) is 4.88. The molecule has 1 aliphatic carbocycles. The molecule has 0 aliphatic heterocycles. The Bertz CT molecular complexity index is 437. The smallest absolute Gasteiger partial charge is 0.155 e. The summed E-state index contributed by atoms with van der Waals surface area (Å²) >= 11 is 3.30. The van der Waals surface area contributed by atoms with E-state index in [0.29, 0.717) is 18.4 Å². The fraction of sp³-hybridized carbons (Fsp3) is 0.250. The monoisotopic (exact) mass is 268 g/mol. The Morgan fingerprint density at radius 2 is 2.13 bits per heavy atom. The molecule has 3 heteroatoms. The van der Waals surface area contributed by atoms with Crippen LogP contribution in [-0.2, 0) is 11.2 Å². The van der Waals surface area contributed by atoms with E-state index in [2.05, 4.69) is 15.9 Å². The van der Waals surface area contributed by atoms with Crippen LogP contribution in [0.15, 0.2) is 34.3 Å². The minimum atomic E-state index is -0.210. The largest absolute Gasteiger partial charge is 0.295 e. The molecule has 0 aromatic heterocycles. The van der Waals surface area contributed by atoms with Gasteiger partial charge < -0.3 is 0 Å². The van der Waals surface area contributed by atoms with Crippen molar-refractivity contribution in [2.24, 2.45) is 0 Å². The number of hydrogen-bond donors (Lipinski definition) is 0. The van der Waals surface area contributed by atoms with Crippen LogP contribution in [0, 0.1) is 5.82 Å². The molecular weight excluding hydrogens is 259 g/mol. The van der Waals surface area contributed by atoms with Crippen molar-refractivity contribution in [2.75, 3.05) is 0 Å². The Balaban J connectivity index is 2.20. The number of ketones is 1. The number of allylic oxidation sites excluding steroid dienone is 2. The molecule has 0 saturated heterocycles. The summed E-state index contributed by atoms with van der Waals surface area (Å²) in [7, 11) is 0. The predicted molar refractivity (Wildman–Crippen MR) is 60.1 cm³/mol. The minimum absolute atomic E-state index is 0.153. The van der Waals surface area contributed by atoms with Crippen molar-refractivity contribution in [1.29, 1.82) is 0 Å². The first-order valence-electron chi connectivity index (χ1n) is 4.81. The lowest BCUT2D eigenvalue weighted by Gasteiger charge is -2.04. The van der Waals surface area contributed by atoms with Crippen LogP contribution in [0.25, 0.3) is 0 Å². The number of benzene rings is 1. The molecule has 0 N–H and O–H groups in total. The normalized spacial score (nSPS) is 15.6.